The van der Waals surface area contributed by atoms with Gasteiger partial charge < -0.3 is 14.8 Å². The van der Waals surface area contributed by atoms with E-state index >= 15 is 0 Å². The van der Waals surface area contributed by atoms with Gasteiger partial charge in [-0.1, -0.05) is 0 Å². The lowest BCUT2D eigenvalue weighted by atomic mass is 10.2. The summed E-state index contributed by atoms with van der Waals surface area (Å²) in [4.78, 5) is 17.7. The summed E-state index contributed by atoms with van der Waals surface area (Å²) in [5, 5.41) is 3.31. The maximum atomic E-state index is 11.7. The predicted octanol–water partition coefficient (Wildman–Crippen LogP) is 0.784. The van der Waals surface area contributed by atoms with Gasteiger partial charge in [-0.25, -0.2) is 4.98 Å². The van der Waals surface area contributed by atoms with E-state index in [1.165, 1.54) is 0 Å². The van der Waals surface area contributed by atoms with Crippen molar-refractivity contribution >= 4 is 5.91 Å². The Morgan fingerprint density at radius 2 is 2.35 bits per heavy atom. The van der Waals surface area contributed by atoms with Gasteiger partial charge in [0.1, 0.15) is 0 Å². The van der Waals surface area contributed by atoms with Gasteiger partial charge in [-0.2, -0.15) is 0 Å². The van der Waals surface area contributed by atoms with Crippen molar-refractivity contribution in [3.63, 3.8) is 0 Å². The molecule has 0 saturated carbocycles. The minimum atomic E-state index is -0.0319. The third-order valence-electron chi connectivity index (χ3n) is 3.26. The van der Waals surface area contributed by atoms with Crippen molar-refractivity contribution in [3.8, 4) is 0 Å². The maximum Gasteiger partial charge on any atom is 0.239 e. The van der Waals surface area contributed by atoms with Crippen LogP contribution in [0.1, 0.15) is 32.0 Å². The van der Waals surface area contributed by atoms with E-state index in [0.717, 1.165) is 18.7 Å². The van der Waals surface area contributed by atoms with Crippen LogP contribution >= 0.6 is 0 Å². The van der Waals surface area contributed by atoms with Crippen molar-refractivity contribution in [1.82, 2.24) is 19.8 Å². The van der Waals surface area contributed by atoms with Gasteiger partial charge in [-0.3, -0.25) is 4.79 Å². The molecule has 94 valence electrons. The van der Waals surface area contributed by atoms with Gasteiger partial charge in [0.15, 0.2) is 0 Å². The van der Waals surface area contributed by atoms with Gasteiger partial charge in [-0.05, 0) is 20.3 Å². The summed E-state index contributed by atoms with van der Waals surface area (Å²) in [7, 11) is 1.85. The third-order valence-corrected chi connectivity index (χ3v) is 3.26. The molecule has 0 spiro atoms. The second kappa shape index (κ2) is 4.87. The van der Waals surface area contributed by atoms with Gasteiger partial charge in [-0.15, -0.1) is 0 Å². The Labute approximate surface area is 102 Å². The van der Waals surface area contributed by atoms with E-state index in [9.17, 15) is 4.79 Å². The van der Waals surface area contributed by atoms with Crippen molar-refractivity contribution < 1.29 is 4.79 Å². The molecule has 0 radical (unpaired) electrons. The molecule has 1 saturated heterocycles. The first kappa shape index (κ1) is 12.1. The minimum Gasteiger partial charge on any atom is -0.344 e. The lowest BCUT2D eigenvalue weighted by Crippen LogP contribution is -2.36. The topological polar surface area (TPSA) is 50.2 Å². The molecule has 1 fully saturated rings. The lowest BCUT2D eigenvalue weighted by molar-refractivity contribution is -0.128. The first-order valence-electron chi connectivity index (χ1n) is 6.08. The van der Waals surface area contributed by atoms with Crippen LogP contribution in [0.3, 0.4) is 0 Å². The highest BCUT2D eigenvalue weighted by Crippen LogP contribution is 2.12. The molecule has 1 aromatic heterocycles. The van der Waals surface area contributed by atoms with Crippen LogP contribution in [0.2, 0.25) is 0 Å². The number of imidazole rings is 1. The van der Waals surface area contributed by atoms with Gasteiger partial charge in [0.2, 0.25) is 5.91 Å². The highest BCUT2D eigenvalue weighted by Gasteiger charge is 2.28. The maximum absolute atomic E-state index is 11.7. The number of amides is 1. The van der Waals surface area contributed by atoms with E-state index in [-0.39, 0.29) is 11.9 Å². The zero-order chi connectivity index (χ0) is 12.4. The fraction of sp³-hybridized carbons (Fsp3) is 0.667. The van der Waals surface area contributed by atoms with Crippen molar-refractivity contribution in [1.29, 1.82) is 0 Å². The van der Waals surface area contributed by atoms with Gasteiger partial charge in [0.25, 0.3) is 0 Å². The normalized spacial score (nSPS) is 20.6. The molecule has 1 N–H and O–H groups in total. The summed E-state index contributed by atoms with van der Waals surface area (Å²) in [6.07, 6.45) is 4.59. The van der Waals surface area contributed by atoms with Crippen LogP contribution in [0.5, 0.6) is 0 Å². The van der Waals surface area contributed by atoms with Crippen molar-refractivity contribution in [2.45, 2.75) is 38.9 Å². The molecular weight excluding hydrogens is 216 g/mol. The summed E-state index contributed by atoms with van der Waals surface area (Å²) in [5.74, 6) is 0.195. The summed E-state index contributed by atoms with van der Waals surface area (Å²) in [6.45, 7) is 5.79. The Bertz CT molecular complexity index is 399. The Balaban J connectivity index is 1.94. The van der Waals surface area contributed by atoms with Gasteiger partial charge >= 0.3 is 0 Å². The molecule has 1 atom stereocenters. The predicted molar refractivity (Wildman–Crippen MR) is 65.5 cm³/mol. The standard InChI is InChI=1S/C12H20N4O/c1-9(2)16-8-13-6-10(16)7-14-11-4-5-15(3)12(11)17/h6,8-9,11,14H,4-5,7H2,1-3H3. The van der Waals surface area contributed by atoms with Crippen LogP contribution in [0.4, 0.5) is 0 Å². The SMILES string of the molecule is CC(C)n1cncc1CNC1CCN(C)C1=O. The first-order valence-corrected chi connectivity index (χ1v) is 6.08. The number of hydrogen-bond donors (Lipinski definition) is 1. The second-order valence-electron chi connectivity index (χ2n) is 4.87. The minimum absolute atomic E-state index is 0.0319. The Hall–Kier alpha value is -1.36. The quantitative estimate of drug-likeness (QED) is 0.840. The van der Waals surface area contributed by atoms with E-state index in [1.807, 2.05) is 19.6 Å². The number of nitrogens with one attached hydrogen (secondary N) is 1. The fourth-order valence-corrected chi connectivity index (χ4v) is 2.17. The van der Waals surface area contributed by atoms with Gasteiger partial charge in [0, 0.05) is 32.4 Å². The zero-order valence-corrected chi connectivity index (χ0v) is 10.7. The number of likely N-dealkylation sites (tertiary alicyclic amines) is 1. The molecule has 1 aliphatic rings. The molecule has 5 heteroatoms. The molecule has 0 aliphatic carbocycles. The summed E-state index contributed by atoms with van der Waals surface area (Å²) >= 11 is 0. The van der Waals surface area contributed by atoms with Crippen LogP contribution in [-0.2, 0) is 11.3 Å². The van der Waals surface area contributed by atoms with Crippen LogP contribution in [0.15, 0.2) is 12.5 Å². The van der Waals surface area contributed by atoms with E-state index in [0.29, 0.717) is 12.6 Å². The number of rotatable bonds is 4. The number of carbonyl (C=O) groups excluding carboxylic acids is 1. The lowest BCUT2D eigenvalue weighted by Gasteiger charge is -2.15. The van der Waals surface area contributed by atoms with Crippen LogP contribution in [0, 0.1) is 0 Å². The zero-order valence-electron chi connectivity index (χ0n) is 10.7. The number of carbonyl (C=O) groups is 1. The summed E-state index contributed by atoms with van der Waals surface area (Å²) < 4.78 is 2.12. The monoisotopic (exact) mass is 236 g/mol. The molecule has 1 aromatic rings. The Morgan fingerprint density at radius 3 is 2.94 bits per heavy atom. The smallest absolute Gasteiger partial charge is 0.239 e. The molecule has 1 unspecified atom stereocenters. The van der Waals surface area contributed by atoms with Crippen molar-refractivity contribution in [2.24, 2.45) is 0 Å². The average Bonchev–Trinajstić information content (AvgIpc) is 2.86. The van der Waals surface area contributed by atoms with E-state index in [1.54, 1.807) is 4.90 Å². The number of likely N-dealkylation sites (N-methyl/N-ethyl adjacent to an activating group) is 1. The molecule has 2 heterocycles. The van der Waals surface area contributed by atoms with Crippen LogP contribution in [-0.4, -0.2) is 40.0 Å². The molecule has 0 bridgehead atoms. The molecule has 0 aromatic carbocycles. The molecular formula is C12H20N4O. The van der Waals surface area contributed by atoms with E-state index < -0.39 is 0 Å². The molecule has 1 aliphatic heterocycles. The molecule has 17 heavy (non-hydrogen) atoms. The first-order chi connectivity index (χ1) is 8.09. The summed E-state index contributed by atoms with van der Waals surface area (Å²) in [5.41, 5.74) is 1.13. The van der Waals surface area contributed by atoms with E-state index in [2.05, 4.69) is 28.7 Å². The average molecular weight is 236 g/mol. The van der Waals surface area contributed by atoms with E-state index in [4.69, 9.17) is 0 Å². The number of hydrogen-bond acceptors (Lipinski definition) is 3. The Kier molecular flexibility index (Phi) is 3.47. The fourth-order valence-electron chi connectivity index (χ4n) is 2.17. The number of aromatic nitrogens is 2. The third kappa shape index (κ3) is 2.49. The Morgan fingerprint density at radius 1 is 1.59 bits per heavy atom. The number of nitrogens with zero attached hydrogens (tertiary/aromatic N) is 3. The van der Waals surface area contributed by atoms with Crippen LogP contribution < -0.4 is 5.32 Å². The largest absolute Gasteiger partial charge is 0.344 e. The second-order valence-corrected chi connectivity index (χ2v) is 4.87. The van der Waals surface area contributed by atoms with Gasteiger partial charge in [0.05, 0.1) is 18.1 Å². The molecule has 5 nitrogen and oxygen atoms in total. The molecule has 2 rings (SSSR count). The highest BCUT2D eigenvalue weighted by atomic mass is 16.2. The highest BCUT2D eigenvalue weighted by molar-refractivity contribution is 5.83. The van der Waals surface area contributed by atoms with Crippen LogP contribution in [0.25, 0.3) is 0 Å². The summed E-state index contributed by atoms with van der Waals surface area (Å²) in [6, 6.07) is 0.367. The van der Waals surface area contributed by atoms with Crippen molar-refractivity contribution in [3.05, 3.63) is 18.2 Å². The molecule has 1 amide bonds. The van der Waals surface area contributed by atoms with Crippen molar-refractivity contribution in [2.75, 3.05) is 13.6 Å².